The van der Waals surface area contributed by atoms with E-state index in [9.17, 15) is 5.11 Å². The van der Waals surface area contributed by atoms with Crippen molar-refractivity contribution in [1.29, 1.82) is 0 Å². The Labute approximate surface area is 87.7 Å². The van der Waals surface area contributed by atoms with E-state index in [0.29, 0.717) is 5.92 Å². The molecule has 0 amide bonds. The molecule has 3 unspecified atom stereocenters. The molecule has 84 valence electrons. The van der Waals surface area contributed by atoms with Crippen LogP contribution in [0, 0.1) is 5.92 Å². The van der Waals surface area contributed by atoms with Crippen LogP contribution in [0.25, 0.3) is 0 Å². The molecule has 0 aliphatic carbocycles. The van der Waals surface area contributed by atoms with Gasteiger partial charge in [-0.25, -0.2) is 0 Å². The normalized spacial score (nSPS) is 35.6. The summed E-state index contributed by atoms with van der Waals surface area (Å²) >= 11 is 0. The number of hydrogen-bond donors (Lipinski definition) is 1. The Kier molecular flexibility index (Phi) is 4.39. The lowest BCUT2D eigenvalue weighted by atomic mass is 9.81. The van der Waals surface area contributed by atoms with Crippen molar-refractivity contribution in [3.63, 3.8) is 0 Å². The first-order chi connectivity index (χ1) is 6.59. The Hall–Kier alpha value is -0.0800. The van der Waals surface area contributed by atoms with Crippen molar-refractivity contribution in [3.05, 3.63) is 0 Å². The molecule has 0 aromatic carbocycles. The molecule has 2 heteroatoms. The highest BCUT2D eigenvalue weighted by Crippen LogP contribution is 2.32. The van der Waals surface area contributed by atoms with Gasteiger partial charge in [-0.05, 0) is 25.2 Å². The third kappa shape index (κ3) is 3.25. The highest BCUT2D eigenvalue weighted by atomic mass is 16.5. The molecule has 14 heavy (non-hydrogen) atoms. The monoisotopic (exact) mass is 200 g/mol. The van der Waals surface area contributed by atoms with E-state index in [0.717, 1.165) is 38.7 Å². The van der Waals surface area contributed by atoms with Crippen LogP contribution in [-0.2, 0) is 4.74 Å². The fraction of sp³-hybridized carbons (Fsp3) is 1.00. The Balaban J connectivity index is 2.46. The maximum Gasteiger partial charge on any atom is 0.0696 e. The molecule has 1 N–H and O–H groups in total. The second kappa shape index (κ2) is 5.13. The topological polar surface area (TPSA) is 29.5 Å². The first-order valence-electron chi connectivity index (χ1n) is 5.93. The zero-order chi connectivity index (χ0) is 10.6. The van der Waals surface area contributed by atoms with Gasteiger partial charge in [0.1, 0.15) is 0 Å². The van der Waals surface area contributed by atoms with Gasteiger partial charge in [-0.15, -0.1) is 0 Å². The summed E-state index contributed by atoms with van der Waals surface area (Å²) in [5, 5.41) is 10.4. The fourth-order valence-corrected chi connectivity index (χ4v) is 2.24. The molecule has 0 spiro atoms. The summed E-state index contributed by atoms with van der Waals surface area (Å²) in [6, 6.07) is 0. The average Bonchev–Trinajstić information content (AvgIpc) is 2.17. The molecular weight excluding hydrogens is 176 g/mol. The first-order valence-corrected chi connectivity index (χ1v) is 5.93. The van der Waals surface area contributed by atoms with E-state index < -0.39 is 5.60 Å². The summed E-state index contributed by atoms with van der Waals surface area (Å²) < 4.78 is 5.58. The number of aliphatic hydroxyl groups is 1. The lowest BCUT2D eigenvalue weighted by Gasteiger charge is -2.38. The summed E-state index contributed by atoms with van der Waals surface area (Å²) in [5.41, 5.74) is -0.450. The summed E-state index contributed by atoms with van der Waals surface area (Å²) in [7, 11) is 0. The lowest BCUT2D eigenvalue weighted by molar-refractivity contribution is -0.113. The third-order valence-electron chi connectivity index (χ3n) is 3.41. The molecule has 1 aliphatic heterocycles. The molecule has 1 heterocycles. The number of ether oxygens (including phenoxy) is 1. The van der Waals surface area contributed by atoms with Crippen molar-refractivity contribution in [1.82, 2.24) is 0 Å². The molecular formula is C12H24O2. The van der Waals surface area contributed by atoms with Crippen LogP contribution in [0.1, 0.15) is 52.9 Å². The predicted octanol–water partition coefficient (Wildman–Crippen LogP) is 2.74. The molecule has 0 aromatic heterocycles. The van der Waals surface area contributed by atoms with Gasteiger partial charge in [-0.2, -0.15) is 0 Å². The van der Waals surface area contributed by atoms with Crippen molar-refractivity contribution in [2.24, 2.45) is 5.92 Å². The molecule has 0 aromatic rings. The zero-order valence-corrected chi connectivity index (χ0v) is 9.75. The lowest BCUT2D eigenvalue weighted by Crippen LogP contribution is -2.41. The standard InChI is InChI=1S/C12H24O2/c1-4-10(3)8-12(13)6-7-14-11(5-2)9-12/h10-11,13H,4-9H2,1-3H3. The van der Waals surface area contributed by atoms with E-state index in [1.54, 1.807) is 0 Å². The smallest absolute Gasteiger partial charge is 0.0696 e. The van der Waals surface area contributed by atoms with Gasteiger partial charge in [0, 0.05) is 13.0 Å². The quantitative estimate of drug-likeness (QED) is 0.756. The molecule has 3 atom stereocenters. The van der Waals surface area contributed by atoms with Gasteiger partial charge in [-0.3, -0.25) is 0 Å². The molecule has 0 saturated carbocycles. The van der Waals surface area contributed by atoms with Crippen LogP contribution in [0.3, 0.4) is 0 Å². The average molecular weight is 200 g/mol. The van der Waals surface area contributed by atoms with Gasteiger partial charge in [0.25, 0.3) is 0 Å². The molecule has 0 bridgehead atoms. The van der Waals surface area contributed by atoms with Crippen LogP contribution in [0.2, 0.25) is 0 Å². The van der Waals surface area contributed by atoms with Gasteiger partial charge in [0.15, 0.2) is 0 Å². The van der Waals surface area contributed by atoms with E-state index in [1.165, 1.54) is 0 Å². The minimum atomic E-state index is -0.450. The van der Waals surface area contributed by atoms with Gasteiger partial charge in [0.2, 0.25) is 0 Å². The third-order valence-corrected chi connectivity index (χ3v) is 3.41. The van der Waals surface area contributed by atoms with Crippen LogP contribution >= 0.6 is 0 Å². The predicted molar refractivity (Wildman–Crippen MR) is 58.3 cm³/mol. The molecule has 1 rings (SSSR count). The molecule has 1 fully saturated rings. The number of hydrogen-bond acceptors (Lipinski definition) is 2. The summed E-state index contributed by atoms with van der Waals surface area (Å²) in [6.07, 6.45) is 5.02. The Bertz CT molecular complexity index is 166. The highest BCUT2D eigenvalue weighted by molar-refractivity contribution is 4.86. The van der Waals surface area contributed by atoms with E-state index in [4.69, 9.17) is 4.74 Å². The van der Waals surface area contributed by atoms with E-state index in [-0.39, 0.29) is 6.10 Å². The molecule has 0 radical (unpaired) electrons. The fourth-order valence-electron chi connectivity index (χ4n) is 2.24. The number of rotatable bonds is 4. The zero-order valence-electron chi connectivity index (χ0n) is 9.75. The summed E-state index contributed by atoms with van der Waals surface area (Å²) in [5.74, 6) is 0.621. The van der Waals surface area contributed by atoms with E-state index in [2.05, 4.69) is 20.8 Å². The van der Waals surface area contributed by atoms with E-state index in [1.807, 2.05) is 0 Å². The van der Waals surface area contributed by atoms with Crippen molar-refractivity contribution in [2.45, 2.75) is 64.6 Å². The van der Waals surface area contributed by atoms with Gasteiger partial charge in [-0.1, -0.05) is 27.2 Å². The largest absolute Gasteiger partial charge is 0.390 e. The van der Waals surface area contributed by atoms with Crippen LogP contribution in [0.15, 0.2) is 0 Å². The summed E-state index contributed by atoms with van der Waals surface area (Å²) in [6.45, 7) is 7.25. The minimum absolute atomic E-state index is 0.276. The van der Waals surface area contributed by atoms with Crippen molar-refractivity contribution in [2.75, 3.05) is 6.61 Å². The van der Waals surface area contributed by atoms with Gasteiger partial charge < -0.3 is 9.84 Å². The van der Waals surface area contributed by atoms with Crippen molar-refractivity contribution in [3.8, 4) is 0 Å². The van der Waals surface area contributed by atoms with Gasteiger partial charge in [0.05, 0.1) is 11.7 Å². The van der Waals surface area contributed by atoms with Crippen LogP contribution < -0.4 is 0 Å². The van der Waals surface area contributed by atoms with Gasteiger partial charge >= 0.3 is 0 Å². The van der Waals surface area contributed by atoms with Crippen molar-refractivity contribution >= 4 is 0 Å². The maximum atomic E-state index is 10.4. The molecule has 1 aliphatic rings. The molecule has 2 nitrogen and oxygen atoms in total. The second-order valence-electron chi connectivity index (χ2n) is 4.80. The highest BCUT2D eigenvalue weighted by Gasteiger charge is 2.34. The second-order valence-corrected chi connectivity index (χ2v) is 4.80. The Morgan fingerprint density at radius 3 is 2.79 bits per heavy atom. The van der Waals surface area contributed by atoms with Crippen molar-refractivity contribution < 1.29 is 9.84 Å². The van der Waals surface area contributed by atoms with E-state index >= 15 is 0 Å². The van der Waals surface area contributed by atoms with Crippen LogP contribution in [0.5, 0.6) is 0 Å². The molecule has 1 saturated heterocycles. The minimum Gasteiger partial charge on any atom is -0.390 e. The Morgan fingerprint density at radius 1 is 1.50 bits per heavy atom. The van der Waals surface area contributed by atoms with Crippen LogP contribution in [-0.4, -0.2) is 23.4 Å². The Morgan fingerprint density at radius 2 is 2.21 bits per heavy atom. The SMILES string of the molecule is CCC(C)CC1(O)CCOC(CC)C1. The maximum absolute atomic E-state index is 10.4. The summed E-state index contributed by atoms with van der Waals surface area (Å²) in [4.78, 5) is 0. The first kappa shape index (κ1) is 12.0. The van der Waals surface area contributed by atoms with Crippen LogP contribution in [0.4, 0.5) is 0 Å².